The summed E-state index contributed by atoms with van der Waals surface area (Å²) in [5.74, 6) is 1.58. The molecule has 2 rings (SSSR count). The third-order valence-corrected chi connectivity index (χ3v) is 3.15. The first-order chi connectivity index (χ1) is 8.49. The maximum Gasteiger partial charge on any atom is 0.172 e. The predicted octanol–water partition coefficient (Wildman–Crippen LogP) is 3.33. The molecule has 0 bridgehead atoms. The lowest BCUT2D eigenvalue weighted by molar-refractivity contribution is 0.0990. The predicted molar refractivity (Wildman–Crippen MR) is 69.9 cm³/mol. The van der Waals surface area contributed by atoms with Crippen molar-refractivity contribution in [2.75, 3.05) is 0 Å². The Balaban J connectivity index is 2.24. The SMILES string of the molecule is Cc1ccc(CC(=O)c2c(C)oc(C)c2C)nc1. The number of carbonyl (C=O) groups excluding carboxylic acids is 1. The van der Waals surface area contributed by atoms with E-state index in [9.17, 15) is 4.79 Å². The average Bonchev–Trinajstić information content (AvgIpc) is 2.56. The molecule has 0 spiro atoms. The van der Waals surface area contributed by atoms with Crippen LogP contribution in [-0.4, -0.2) is 10.8 Å². The molecular formula is C15H17NO2. The molecule has 0 atom stereocenters. The number of aryl methyl sites for hydroxylation is 3. The van der Waals surface area contributed by atoms with Crippen LogP contribution in [0.15, 0.2) is 22.7 Å². The standard InChI is InChI=1S/C15H17NO2/c1-9-5-6-13(16-8-9)7-14(17)15-10(2)11(3)18-12(15)4/h5-6,8H,7H2,1-4H3. The summed E-state index contributed by atoms with van der Waals surface area (Å²) in [5, 5.41) is 0. The summed E-state index contributed by atoms with van der Waals surface area (Å²) in [7, 11) is 0. The first-order valence-corrected chi connectivity index (χ1v) is 6.00. The summed E-state index contributed by atoms with van der Waals surface area (Å²) in [6.07, 6.45) is 2.10. The minimum Gasteiger partial charge on any atom is -0.466 e. The van der Waals surface area contributed by atoms with Crippen molar-refractivity contribution in [2.24, 2.45) is 0 Å². The highest BCUT2D eigenvalue weighted by Crippen LogP contribution is 2.22. The number of ketones is 1. The molecule has 0 N–H and O–H groups in total. The van der Waals surface area contributed by atoms with Crippen molar-refractivity contribution in [1.29, 1.82) is 0 Å². The van der Waals surface area contributed by atoms with E-state index in [2.05, 4.69) is 4.98 Å². The largest absolute Gasteiger partial charge is 0.466 e. The summed E-state index contributed by atoms with van der Waals surface area (Å²) in [6, 6.07) is 3.86. The Labute approximate surface area is 107 Å². The number of furan rings is 1. The molecule has 0 radical (unpaired) electrons. The van der Waals surface area contributed by atoms with Gasteiger partial charge in [-0.3, -0.25) is 9.78 Å². The summed E-state index contributed by atoms with van der Waals surface area (Å²) in [4.78, 5) is 16.5. The first-order valence-electron chi connectivity index (χ1n) is 6.00. The molecule has 2 aromatic heterocycles. The number of pyridine rings is 1. The molecule has 18 heavy (non-hydrogen) atoms. The van der Waals surface area contributed by atoms with Crippen LogP contribution in [-0.2, 0) is 6.42 Å². The molecule has 0 saturated carbocycles. The fourth-order valence-electron chi connectivity index (χ4n) is 2.06. The number of nitrogens with zero attached hydrogens (tertiary/aromatic N) is 1. The molecule has 3 heteroatoms. The Hall–Kier alpha value is -1.90. The molecule has 0 aliphatic carbocycles. The van der Waals surface area contributed by atoms with E-state index in [4.69, 9.17) is 4.42 Å². The van der Waals surface area contributed by atoms with E-state index >= 15 is 0 Å². The Morgan fingerprint density at radius 3 is 2.39 bits per heavy atom. The second kappa shape index (κ2) is 4.77. The van der Waals surface area contributed by atoms with E-state index in [1.807, 2.05) is 39.8 Å². The quantitative estimate of drug-likeness (QED) is 0.776. The number of hydrogen-bond donors (Lipinski definition) is 0. The topological polar surface area (TPSA) is 43.1 Å². The molecule has 0 aliphatic rings. The molecule has 0 unspecified atom stereocenters. The zero-order valence-corrected chi connectivity index (χ0v) is 11.2. The Bertz CT molecular complexity index is 579. The molecule has 3 nitrogen and oxygen atoms in total. The molecule has 0 saturated heterocycles. The third-order valence-electron chi connectivity index (χ3n) is 3.15. The van der Waals surface area contributed by atoms with Gasteiger partial charge in [-0.15, -0.1) is 0 Å². The van der Waals surface area contributed by atoms with Crippen molar-refractivity contribution in [1.82, 2.24) is 4.98 Å². The van der Waals surface area contributed by atoms with Crippen LogP contribution in [0.5, 0.6) is 0 Å². The van der Waals surface area contributed by atoms with Crippen LogP contribution in [0, 0.1) is 27.7 Å². The highest BCUT2D eigenvalue weighted by molar-refractivity contribution is 5.99. The van der Waals surface area contributed by atoms with Crippen LogP contribution in [0.1, 0.15) is 38.7 Å². The van der Waals surface area contributed by atoms with Crippen molar-refractivity contribution in [3.8, 4) is 0 Å². The maximum absolute atomic E-state index is 12.3. The van der Waals surface area contributed by atoms with E-state index in [0.717, 1.165) is 22.6 Å². The lowest BCUT2D eigenvalue weighted by Gasteiger charge is -2.01. The summed E-state index contributed by atoms with van der Waals surface area (Å²) < 4.78 is 5.48. The third kappa shape index (κ3) is 2.35. The summed E-state index contributed by atoms with van der Waals surface area (Å²) in [6.45, 7) is 7.60. The Morgan fingerprint density at radius 2 is 1.89 bits per heavy atom. The van der Waals surface area contributed by atoms with Crippen molar-refractivity contribution < 1.29 is 9.21 Å². The van der Waals surface area contributed by atoms with Crippen LogP contribution in [0.3, 0.4) is 0 Å². The van der Waals surface area contributed by atoms with Gasteiger partial charge in [-0.2, -0.15) is 0 Å². The van der Waals surface area contributed by atoms with Gasteiger partial charge in [0.25, 0.3) is 0 Å². The van der Waals surface area contributed by atoms with E-state index < -0.39 is 0 Å². The van der Waals surface area contributed by atoms with Gasteiger partial charge in [0.05, 0.1) is 12.0 Å². The smallest absolute Gasteiger partial charge is 0.172 e. The molecule has 2 heterocycles. The normalized spacial score (nSPS) is 10.7. The van der Waals surface area contributed by atoms with Gasteiger partial charge in [0.2, 0.25) is 0 Å². The highest BCUT2D eigenvalue weighted by atomic mass is 16.3. The number of hydrogen-bond acceptors (Lipinski definition) is 3. The van der Waals surface area contributed by atoms with Crippen LogP contribution in [0.4, 0.5) is 0 Å². The molecule has 0 amide bonds. The molecule has 94 valence electrons. The van der Waals surface area contributed by atoms with Crippen LogP contribution in [0.2, 0.25) is 0 Å². The minimum atomic E-state index is 0.0678. The van der Waals surface area contributed by atoms with Crippen molar-refractivity contribution >= 4 is 5.78 Å². The zero-order valence-electron chi connectivity index (χ0n) is 11.2. The zero-order chi connectivity index (χ0) is 13.3. The van der Waals surface area contributed by atoms with Gasteiger partial charge in [-0.25, -0.2) is 0 Å². The molecule has 0 aliphatic heterocycles. The molecule has 2 aromatic rings. The average molecular weight is 243 g/mol. The van der Waals surface area contributed by atoms with E-state index in [-0.39, 0.29) is 5.78 Å². The number of aromatic nitrogens is 1. The van der Waals surface area contributed by atoms with Gasteiger partial charge < -0.3 is 4.42 Å². The van der Waals surface area contributed by atoms with Crippen molar-refractivity contribution in [3.05, 3.63) is 52.2 Å². The van der Waals surface area contributed by atoms with E-state index in [1.54, 1.807) is 6.20 Å². The number of carbonyl (C=O) groups is 1. The van der Waals surface area contributed by atoms with Gasteiger partial charge in [-0.1, -0.05) is 6.07 Å². The van der Waals surface area contributed by atoms with Crippen molar-refractivity contribution in [2.45, 2.75) is 34.1 Å². The fraction of sp³-hybridized carbons (Fsp3) is 0.333. The summed E-state index contributed by atoms with van der Waals surface area (Å²) >= 11 is 0. The number of rotatable bonds is 3. The first kappa shape index (κ1) is 12.6. The van der Waals surface area contributed by atoms with Crippen LogP contribution >= 0.6 is 0 Å². The fourth-order valence-corrected chi connectivity index (χ4v) is 2.06. The number of Topliss-reactive ketones (excluding diaryl/α,β-unsaturated/α-hetero) is 1. The minimum absolute atomic E-state index is 0.0678. The molecule has 0 aromatic carbocycles. The lowest BCUT2D eigenvalue weighted by atomic mass is 10.0. The Kier molecular flexibility index (Phi) is 3.32. The second-order valence-corrected chi connectivity index (χ2v) is 4.64. The van der Waals surface area contributed by atoms with E-state index in [0.29, 0.717) is 17.7 Å². The van der Waals surface area contributed by atoms with Crippen LogP contribution in [0.25, 0.3) is 0 Å². The van der Waals surface area contributed by atoms with E-state index in [1.165, 1.54) is 0 Å². The summed E-state index contributed by atoms with van der Waals surface area (Å²) in [5.41, 5.74) is 3.53. The molecular weight excluding hydrogens is 226 g/mol. The highest BCUT2D eigenvalue weighted by Gasteiger charge is 2.18. The van der Waals surface area contributed by atoms with Crippen molar-refractivity contribution in [3.63, 3.8) is 0 Å². The monoisotopic (exact) mass is 243 g/mol. The van der Waals surface area contributed by atoms with Gasteiger partial charge in [0.1, 0.15) is 11.5 Å². The Morgan fingerprint density at radius 1 is 1.17 bits per heavy atom. The maximum atomic E-state index is 12.3. The molecule has 0 fully saturated rings. The van der Waals surface area contributed by atoms with Crippen LogP contribution < -0.4 is 0 Å². The van der Waals surface area contributed by atoms with Gasteiger partial charge in [-0.05, 0) is 39.3 Å². The second-order valence-electron chi connectivity index (χ2n) is 4.64. The lowest BCUT2D eigenvalue weighted by Crippen LogP contribution is -2.07. The van der Waals surface area contributed by atoms with Gasteiger partial charge in [0, 0.05) is 17.5 Å². The van der Waals surface area contributed by atoms with Gasteiger partial charge >= 0.3 is 0 Å². The van der Waals surface area contributed by atoms with Gasteiger partial charge in [0.15, 0.2) is 5.78 Å².